The monoisotopic (exact) mass is 258 g/mol. The Balaban J connectivity index is 2.78. The molecule has 0 bridgehead atoms. The molecule has 0 aromatic rings. The van der Waals surface area contributed by atoms with E-state index in [1.165, 1.54) is 32.1 Å². The summed E-state index contributed by atoms with van der Waals surface area (Å²) in [5.41, 5.74) is 0. The first kappa shape index (κ1) is 15.1. The van der Waals surface area contributed by atoms with Crippen LogP contribution in [0.1, 0.15) is 46.0 Å². The van der Waals surface area contributed by atoms with Crippen molar-refractivity contribution in [3.8, 4) is 0 Å². The van der Waals surface area contributed by atoms with Gasteiger partial charge in [-0.05, 0) is 40.0 Å². The van der Waals surface area contributed by atoms with Crippen molar-refractivity contribution in [2.24, 2.45) is 0 Å². The van der Waals surface area contributed by atoms with E-state index in [-0.39, 0.29) is 0 Å². The first-order valence-corrected chi connectivity index (χ1v) is 9.08. The molecule has 0 spiro atoms. The average molecular weight is 258 g/mol. The standard InChI is InChI=1S/C12H30N4Si/c1-5-15-17(13-3,14-4)16(6-2)12-10-8-7-9-11-12/h12-15H,5-11H2,1-4H3. The van der Waals surface area contributed by atoms with Gasteiger partial charge in [-0.1, -0.05) is 33.1 Å². The highest BCUT2D eigenvalue weighted by molar-refractivity contribution is 6.69. The van der Waals surface area contributed by atoms with Gasteiger partial charge in [0.05, 0.1) is 0 Å². The van der Waals surface area contributed by atoms with Crippen molar-refractivity contribution in [2.75, 3.05) is 27.2 Å². The van der Waals surface area contributed by atoms with Crippen LogP contribution in [-0.4, -0.2) is 46.5 Å². The van der Waals surface area contributed by atoms with Crippen LogP contribution in [-0.2, 0) is 0 Å². The summed E-state index contributed by atoms with van der Waals surface area (Å²) < 4.78 is 2.68. The Kier molecular flexibility index (Phi) is 6.65. The Morgan fingerprint density at radius 1 is 1.06 bits per heavy atom. The van der Waals surface area contributed by atoms with Crippen LogP contribution in [0.5, 0.6) is 0 Å². The highest BCUT2D eigenvalue weighted by atomic mass is 28.4. The Bertz CT molecular complexity index is 203. The van der Waals surface area contributed by atoms with E-state index in [1.807, 2.05) is 0 Å². The molecule has 0 saturated heterocycles. The van der Waals surface area contributed by atoms with Gasteiger partial charge in [0.2, 0.25) is 0 Å². The number of nitrogens with zero attached hydrogens (tertiary/aromatic N) is 1. The van der Waals surface area contributed by atoms with E-state index in [2.05, 4.69) is 47.5 Å². The molecule has 1 rings (SSSR count). The molecule has 0 aromatic carbocycles. The van der Waals surface area contributed by atoms with Crippen molar-refractivity contribution in [2.45, 2.75) is 52.0 Å². The molecule has 1 aliphatic carbocycles. The molecule has 17 heavy (non-hydrogen) atoms. The highest BCUT2D eigenvalue weighted by Crippen LogP contribution is 2.24. The number of hydrogen-bond acceptors (Lipinski definition) is 4. The molecule has 0 unspecified atom stereocenters. The summed E-state index contributed by atoms with van der Waals surface area (Å²) in [5, 5.41) is 0. The fourth-order valence-electron chi connectivity index (χ4n) is 3.11. The molecule has 0 aliphatic heterocycles. The topological polar surface area (TPSA) is 39.3 Å². The Morgan fingerprint density at radius 3 is 2.06 bits per heavy atom. The minimum atomic E-state index is -1.88. The summed E-state index contributed by atoms with van der Waals surface area (Å²) in [6, 6.07) is 0.749. The molecule has 0 radical (unpaired) electrons. The van der Waals surface area contributed by atoms with Gasteiger partial charge in [0.1, 0.15) is 0 Å². The lowest BCUT2D eigenvalue weighted by Crippen LogP contribution is -2.81. The molecule has 4 nitrogen and oxygen atoms in total. The molecule has 5 heteroatoms. The maximum Gasteiger partial charge on any atom is 0.368 e. The Morgan fingerprint density at radius 2 is 1.65 bits per heavy atom. The molecule has 0 heterocycles. The Hall–Kier alpha value is 0.0569. The summed E-state index contributed by atoms with van der Waals surface area (Å²) in [6.07, 6.45) is 6.92. The van der Waals surface area contributed by atoms with Crippen molar-refractivity contribution >= 4 is 8.72 Å². The van der Waals surface area contributed by atoms with Gasteiger partial charge in [-0.2, -0.15) is 0 Å². The Labute approximate surface area is 108 Å². The number of rotatable bonds is 7. The second-order valence-corrected chi connectivity index (χ2v) is 8.17. The van der Waals surface area contributed by atoms with E-state index >= 15 is 0 Å². The summed E-state index contributed by atoms with van der Waals surface area (Å²) in [7, 11) is 2.28. The third-order valence-electron chi connectivity index (χ3n) is 3.94. The van der Waals surface area contributed by atoms with Gasteiger partial charge in [-0.25, -0.2) is 0 Å². The van der Waals surface area contributed by atoms with Crippen LogP contribution < -0.4 is 14.9 Å². The zero-order chi connectivity index (χ0) is 12.7. The third-order valence-corrected chi connectivity index (χ3v) is 7.80. The van der Waals surface area contributed by atoms with Crippen molar-refractivity contribution in [1.29, 1.82) is 0 Å². The van der Waals surface area contributed by atoms with Gasteiger partial charge in [0.15, 0.2) is 0 Å². The van der Waals surface area contributed by atoms with Crippen LogP contribution in [0.4, 0.5) is 0 Å². The maximum absolute atomic E-state index is 3.69. The van der Waals surface area contributed by atoms with Gasteiger partial charge in [0.25, 0.3) is 0 Å². The van der Waals surface area contributed by atoms with E-state index in [9.17, 15) is 0 Å². The second-order valence-electron chi connectivity index (χ2n) is 4.82. The van der Waals surface area contributed by atoms with Crippen LogP contribution in [0.15, 0.2) is 0 Å². The van der Waals surface area contributed by atoms with Gasteiger partial charge in [0, 0.05) is 6.04 Å². The van der Waals surface area contributed by atoms with Crippen LogP contribution in [0, 0.1) is 0 Å². The van der Waals surface area contributed by atoms with Gasteiger partial charge in [-0.15, -0.1) is 0 Å². The maximum atomic E-state index is 3.69. The molecule has 0 atom stereocenters. The van der Waals surface area contributed by atoms with E-state index in [0.717, 1.165) is 19.1 Å². The predicted molar refractivity (Wildman–Crippen MR) is 76.8 cm³/mol. The summed E-state index contributed by atoms with van der Waals surface area (Å²) in [5.74, 6) is 0. The molecular weight excluding hydrogens is 228 g/mol. The fourth-order valence-corrected chi connectivity index (χ4v) is 6.28. The first-order chi connectivity index (χ1) is 8.24. The number of nitrogens with one attached hydrogen (secondary N) is 3. The minimum Gasteiger partial charge on any atom is -0.303 e. The van der Waals surface area contributed by atoms with Gasteiger partial charge < -0.3 is 14.9 Å². The third kappa shape index (κ3) is 3.51. The summed E-state index contributed by atoms with van der Waals surface area (Å²) in [4.78, 5) is 10.8. The van der Waals surface area contributed by atoms with Gasteiger partial charge in [-0.3, -0.25) is 4.57 Å². The summed E-state index contributed by atoms with van der Waals surface area (Å²) >= 11 is 0. The van der Waals surface area contributed by atoms with Crippen LogP contribution >= 0.6 is 0 Å². The van der Waals surface area contributed by atoms with Crippen LogP contribution in [0.3, 0.4) is 0 Å². The van der Waals surface area contributed by atoms with E-state index in [4.69, 9.17) is 0 Å². The van der Waals surface area contributed by atoms with Crippen molar-refractivity contribution in [3.63, 3.8) is 0 Å². The minimum absolute atomic E-state index is 0.749. The largest absolute Gasteiger partial charge is 0.368 e. The molecule has 0 aromatic heterocycles. The smallest absolute Gasteiger partial charge is 0.303 e. The normalized spacial score (nSPS) is 18.9. The molecular formula is C12H30N4Si. The van der Waals surface area contributed by atoms with E-state index < -0.39 is 8.72 Å². The van der Waals surface area contributed by atoms with Crippen molar-refractivity contribution < 1.29 is 0 Å². The molecule has 3 N–H and O–H groups in total. The number of hydrogen-bond donors (Lipinski definition) is 3. The molecule has 102 valence electrons. The second kappa shape index (κ2) is 7.48. The van der Waals surface area contributed by atoms with E-state index in [0.29, 0.717) is 0 Å². The lowest BCUT2D eigenvalue weighted by molar-refractivity contribution is 0.239. The van der Waals surface area contributed by atoms with Crippen LogP contribution in [0.2, 0.25) is 0 Å². The zero-order valence-corrected chi connectivity index (χ0v) is 13.0. The van der Waals surface area contributed by atoms with E-state index in [1.54, 1.807) is 0 Å². The average Bonchev–Trinajstić information content (AvgIpc) is 2.39. The lowest BCUT2D eigenvalue weighted by Gasteiger charge is -2.45. The fraction of sp³-hybridized carbons (Fsp3) is 1.00. The van der Waals surface area contributed by atoms with Crippen molar-refractivity contribution in [3.05, 3.63) is 0 Å². The first-order valence-electron chi connectivity index (χ1n) is 7.13. The van der Waals surface area contributed by atoms with Gasteiger partial charge >= 0.3 is 8.72 Å². The van der Waals surface area contributed by atoms with Crippen LogP contribution in [0.25, 0.3) is 0 Å². The SMILES string of the molecule is CCN[Si](NC)(NC)N(CC)C1CCCCC1. The predicted octanol–water partition coefficient (Wildman–Crippen LogP) is 1.12. The lowest BCUT2D eigenvalue weighted by atomic mass is 9.95. The summed E-state index contributed by atoms with van der Waals surface area (Å²) in [6.45, 7) is 6.59. The molecule has 0 amide bonds. The molecule has 1 saturated carbocycles. The zero-order valence-electron chi connectivity index (χ0n) is 12.0. The quantitative estimate of drug-likeness (QED) is 0.599. The highest BCUT2D eigenvalue weighted by Gasteiger charge is 2.41. The molecule has 1 fully saturated rings. The van der Waals surface area contributed by atoms with Crippen molar-refractivity contribution in [1.82, 2.24) is 19.5 Å². The molecule has 1 aliphatic rings.